The third-order valence-electron chi connectivity index (χ3n) is 4.27. The zero-order chi connectivity index (χ0) is 16.9. The van der Waals surface area contributed by atoms with E-state index >= 15 is 0 Å². The van der Waals surface area contributed by atoms with Gasteiger partial charge in [-0.3, -0.25) is 4.79 Å². The zero-order valence-electron chi connectivity index (χ0n) is 14.0. The van der Waals surface area contributed by atoms with Gasteiger partial charge in [0.25, 0.3) is 5.91 Å². The van der Waals surface area contributed by atoms with E-state index in [0.717, 1.165) is 23.2 Å². The zero-order valence-corrected chi connectivity index (χ0v) is 14.0. The van der Waals surface area contributed by atoms with Gasteiger partial charge >= 0.3 is 0 Å². The predicted octanol–water partition coefficient (Wildman–Crippen LogP) is 5.15. The third kappa shape index (κ3) is 3.72. The minimum Gasteiger partial charge on any atom is -0.322 e. The molecule has 24 heavy (non-hydrogen) atoms. The summed E-state index contributed by atoms with van der Waals surface area (Å²) >= 11 is 0. The summed E-state index contributed by atoms with van der Waals surface area (Å²) in [5.41, 5.74) is 6.21. The van der Waals surface area contributed by atoms with Crippen LogP contribution in [-0.2, 0) is 6.42 Å². The molecular weight excluding hydrogens is 294 g/mol. The summed E-state index contributed by atoms with van der Waals surface area (Å²) in [6, 6.07) is 24.0. The molecule has 2 heteroatoms. The average molecular weight is 315 g/mol. The molecule has 0 fully saturated rings. The van der Waals surface area contributed by atoms with Crippen molar-refractivity contribution in [3.8, 4) is 0 Å². The van der Waals surface area contributed by atoms with Gasteiger partial charge in [-0.25, -0.2) is 0 Å². The van der Waals surface area contributed by atoms with Crippen LogP contribution in [0.1, 0.15) is 32.6 Å². The highest BCUT2D eigenvalue weighted by Gasteiger charge is 2.10. The molecule has 0 saturated carbocycles. The lowest BCUT2D eigenvalue weighted by molar-refractivity contribution is 0.102. The van der Waals surface area contributed by atoms with Crippen molar-refractivity contribution < 1.29 is 4.79 Å². The van der Waals surface area contributed by atoms with Gasteiger partial charge in [0.05, 0.1) is 0 Å². The number of anilines is 1. The van der Waals surface area contributed by atoms with Crippen molar-refractivity contribution in [2.24, 2.45) is 0 Å². The minimum atomic E-state index is -0.0707. The van der Waals surface area contributed by atoms with Gasteiger partial charge in [-0.1, -0.05) is 54.6 Å². The van der Waals surface area contributed by atoms with E-state index in [1.807, 2.05) is 68.4 Å². The number of nitrogens with one attached hydrogen (secondary N) is 1. The Morgan fingerprint density at radius 1 is 0.833 bits per heavy atom. The largest absolute Gasteiger partial charge is 0.322 e. The summed E-state index contributed by atoms with van der Waals surface area (Å²) in [6.45, 7) is 4.07. The summed E-state index contributed by atoms with van der Waals surface area (Å²) in [7, 11) is 0. The summed E-state index contributed by atoms with van der Waals surface area (Å²) in [4.78, 5) is 12.6. The fraction of sp³-hybridized carbons (Fsp3) is 0.136. The minimum absolute atomic E-state index is 0.0707. The van der Waals surface area contributed by atoms with Crippen molar-refractivity contribution in [3.05, 3.63) is 101 Å². The molecule has 0 radical (unpaired) electrons. The molecule has 3 aromatic rings. The smallest absolute Gasteiger partial charge is 0.255 e. The number of para-hydroxylation sites is 1. The van der Waals surface area contributed by atoms with Gasteiger partial charge in [0.15, 0.2) is 0 Å². The van der Waals surface area contributed by atoms with Crippen LogP contribution in [0, 0.1) is 13.8 Å². The fourth-order valence-electron chi connectivity index (χ4n) is 2.69. The Balaban J connectivity index is 1.82. The number of hydrogen-bond acceptors (Lipinski definition) is 1. The highest BCUT2D eigenvalue weighted by molar-refractivity contribution is 6.04. The topological polar surface area (TPSA) is 29.1 Å². The Hall–Kier alpha value is -2.87. The molecule has 0 heterocycles. The van der Waals surface area contributed by atoms with Gasteiger partial charge in [0.2, 0.25) is 0 Å². The number of amides is 1. The van der Waals surface area contributed by atoms with Crippen molar-refractivity contribution in [2.45, 2.75) is 20.3 Å². The van der Waals surface area contributed by atoms with Gasteiger partial charge in [-0.2, -0.15) is 0 Å². The first-order valence-electron chi connectivity index (χ1n) is 8.14. The fourth-order valence-corrected chi connectivity index (χ4v) is 2.69. The molecule has 0 aliphatic heterocycles. The van der Waals surface area contributed by atoms with Crippen molar-refractivity contribution >= 4 is 11.6 Å². The van der Waals surface area contributed by atoms with Gasteiger partial charge < -0.3 is 5.32 Å². The van der Waals surface area contributed by atoms with Gasteiger partial charge in [0.1, 0.15) is 0 Å². The van der Waals surface area contributed by atoms with Crippen LogP contribution in [0.2, 0.25) is 0 Å². The molecule has 3 rings (SSSR count). The Morgan fingerprint density at radius 2 is 1.54 bits per heavy atom. The molecule has 1 N–H and O–H groups in total. The van der Waals surface area contributed by atoms with Crippen molar-refractivity contribution in [2.75, 3.05) is 5.32 Å². The maximum Gasteiger partial charge on any atom is 0.255 e. The first kappa shape index (κ1) is 16.0. The van der Waals surface area contributed by atoms with Crippen LogP contribution in [-0.4, -0.2) is 5.91 Å². The Kier molecular flexibility index (Phi) is 4.76. The van der Waals surface area contributed by atoms with E-state index in [-0.39, 0.29) is 5.91 Å². The van der Waals surface area contributed by atoms with E-state index in [0.29, 0.717) is 5.56 Å². The van der Waals surface area contributed by atoms with Crippen LogP contribution >= 0.6 is 0 Å². The second-order valence-corrected chi connectivity index (χ2v) is 6.07. The highest BCUT2D eigenvalue weighted by atomic mass is 16.1. The van der Waals surface area contributed by atoms with Crippen molar-refractivity contribution in [3.63, 3.8) is 0 Å². The van der Waals surface area contributed by atoms with E-state index in [1.165, 1.54) is 11.1 Å². The third-order valence-corrected chi connectivity index (χ3v) is 4.27. The molecule has 0 aliphatic carbocycles. The Morgan fingerprint density at radius 3 is 2.29 bits per heavy atom. The van der Waals surface area contributed by atoms with Crippen LogP contribution in [0.5, 0.6) is 0 Å². The number of benzene rings is 3. The van der Waals surface area contributed by atoms with E-state index < -0.39 is 0 Å². The molecule has 0 spiro atoms. The molecule has 0 aliphatic rings. The van der Waals surface area contributed by atoms with Gasteiger partial charge in [-0.05, 0) is 60.7 Å². The maximum absolute atomic E-state index is 12.6. The first-order chi connectivity index (χ1) is 11.6. The first-order valence-corrected chi connectivity index (χ1v) is 8.14. The number of hydrogen-bond donors (Lipinski definition) is 1. The number of aryl methyl sites for hydroxylation is 2. The van der Waals surface area contributed by atoms with Gasteiger partial charge in [-0.15, -0.1) is 0 Å². The molecule has 3 aromatic carbocycles. The second kappa shape index (κ2) is 7.14. The summed E-state index contributed by atoms with van der Waals surface area (Å²) in [5.74, 6) is -0.0707. The van der Waals surface area contributed by atoms with E-state index in [1.54, 1.807) is 0 Å². The number of rotatable bonds is 4. The lowest BCUT2D eigenvalue weighted by Crippen LogP contribution is -2.13. The van der Waals surface area contributed by atoms with Gasteiger partial charge in [0, 0.05) is 11.3 Å². The molecule has 0 atom stereocenters. The summed E-state index contributed by atoms with van der Waals surface area (Å²) in [6.07, 6.45) is 0.796. The molecule has 0 bridgehead atoms. The number of carbonyl (C=O) groups is 1. The standard InChI is InChI=1S/C22H21NO/c1-16-12-13-20(14-17(16)2)22(24)23-21-11-7-6-10-19(21)15-18-8-4-3-5-9-18/h3-14H,15H2,1-2H3,(H,23,24). The quantitative estimate of drug-likeness (QED) is 0.709. The Bertz CT molecular complexity index is 853. The van der Waals surface area contributed by atoms with Crippen LogP contribution in [0.25, 0.3) is 0 Å². The summed E-state index contributed by atoms with van der Waals surface area (Å²) < 4.78 is 0. The molecular formula is C22H21NO. The maximum atomic E-state index is 12.6. The van der Waals surface area contributed by atoms with E-state index in [9.17, 15) is 4.79 Å². The Labute approximate surface area is 143 Å². The monoisotopic (exact) mass is 315 g/mol. The normalized spacial score (nSPS) is 10.4. The molecule has 0 aromatic heterocycles. The molecule has 1 amide bonds. The molecule has 0 saturated heterocycles. The highest BCUT2D eigenvalue weighted by Crippen LogP contribution is 2.20. The van der Waals surface area contributed by atoms with E-state index in [2.05, 4.69) is 23.5 Å². The summed E-state index contributed by atoms with van der Waals surface area (Å²) in [5, 5.41) is 3.05. The van der Waals surface area contributed by atoms with Crippen LogP contribution in [0.3, 0.4) is 0 Å². The number of carbonyl (C=O) groups excluding carboxylic acids is 1. The van der Waals surface area contributed by atoms with Crippen molar-refractivity contribution in [1.29, 1.82) is 0 Å². The SMILES string of the molecule is Cc1ccc(C(=O)Nc2ccccc2Cc2ccccc2)cc1C. The molecule has 0 unspecified atom stereocenters. The lowest BCUT2D eigenvalue weighted by Gasteiger charge is -2.12. The van der Waals surface area contributed by atoms with Crippen molar-refractivity contribution in [1.82, 2.24) is 0 Å². The van der Waals surface area contributed by atoms with Crippen LogP contribution < -0.4 is 5.32 Å². The molecule has 120 valence electrons. The predicted molar refractivity (Wildman–Crippen MR) is 99.6 cm³/mol. The molecule has 2 nitrogen and oxygen atoms in total. The van der Waals surface area contributed by atoms with E-state index in [4.69, 9.17) is 0 Å². The average Bonchev–Trinajstić information content (AvgIpc) is 2.60. The second-order valence-electron chi connectivity index (χ2n) is 6.07. The van der Waals surface area contributed by atoms with Crippen LogP contribution in [0.15, 0.2) is 72.8 Å². The van der Waals surface area contributed by atoms with Crippen LogP contribution in [0.4, 0.5) is 5.69 Å². The lowest BCUT2D eigenvalue weighted by atomic mass is 10.0.